The van der Waals surface area contributed by atoms with Crippen molar-refractivity contribution >= 4 is 51.9 Å². The molecule has 2 heterocycles. The zero-order chi connectivity index (χ0) is 14.4. The maximum Gasteiger partial charge on any atom is 0.358 e. The molecule has 0 radical (unpaired) electrons. The number of carboxylic acid groups (broad SMARTS) is 1. The molecule has 7 nitrogen and oxygen atoms in total. The number of hydrogen-bond donors (Lipinski definition) is 1. The van der Waals surface area contributed by atoms with Crippen molar-refractivity contribution in [3.8, 4) is 5.69 Å². The summed E-state index contributed by atoms with van der Waals surface area (Å²) in [6.45, 7) is 1.58. The van der Waals surface area contributed by atoms with Crippen LogP contribution in [0.25, 0.3) is 16.7 Å². The molecule has 0 aliphatic rings. The van der Waals surface area contributed by atoms with Crippen LogP contribution in [0.4, 0.5) is 0 Å². The molecular weight excluding hydrogens is 325 g/mol. The Kier molecular flexibility index (Phi) is 3.08. The third-order valence-electron chi connectivity index (χ3n) is 2.73. The van der Waals surface area contributed by atoms with Crippen LogP contribution in [0.3, 0.4) is 0 Å². The van der Waals surface area contributed by atoms with Gasteiger partial charge in [-0.25, -0.2) is 9.48 Å². The van der Waals surface area contributed by atoms with Crippen molar-refractivity contribution in [1.82, 2.24) is 23.7 Å². The molecule has 0 atom stereocenters. The van der Waals surface area contributed by atoms with Crippen molar-refractivity contribution < 1.29 is 9.90 Å². The molecule has 0 spiro atoms. The molecule has 2 aromatic heterocycles. The van der Waals surface area contributed by atoms with E-state index in [2.05, 4.69) is 19.1 Å². The van der Waals surface area contributed by atoms with Crippen molar-refractivity contribution in [2.24, 2.45) is 0 Å². The Balaban J connectivity index is 2.35. The van der Waals surface area contributed by atoms with E-state index >= 15 is 0 Å². The summed E-state index contributed by atoms with van der Waals surface area (Å²) in [5.74, 6) is -1.16. The fourth-order valence-electron chi connectivity index (χ4n) is 1.80. The van der Waals surface area contributed by atoms with Gasteiger partial charge in [-0.05, 0) is 13.0 Å². The third-order valence-corrected chi connectivity index (χ3v) is 3.83. The van der Waals surface area contributed by atoms with Gasteiger partial charge >= 0.3 is 5.97 Å². The molecule has 3 rings (SSSR count). The second-order valence-electron chi connectivity index (χ2n) is 3.89. The number of carbonyl (C=O) groups is 1. The van der Waals surface area contributed by atoms with Gasteiger partial charge in [0.15, 0.2) is 5.69 Å². The maximum absolute atomic E-state index is 11.0. The lowest BCUT2D eigenvalue weighted by Crippen LogP contribution is -2.04. The van der Waals surface area contributed by atoms with Crippen molar-refractivity contribution in [1.29, 1.82) is 0 Å². The fraction of sp³-hybridized carbons (Fsp3) is 0.100. The Morgan fingerprint density at radius 1 is 1.30 bits per heavy atom. The smallest absolute Gasteiger partial charge is 0.358 e. The van der Waals surface area contributed by atoms with Gasteiger partial charge in [-0.1, -0.05) is 28.4 Å². The maximum atomic E-state index is 11.0. The SMILES string of the molecule is Cc1c(C(=O)O)nnn1-c1c(Cl)cc(Cl)c2nsnc12. The molecule has 3 aromatic rings. The van der Waals surface area contributed by atoms with Crippen molar-refractivity contribution in [3.05, 3.63) is 27.5 Å². The van der Waals surface area contributed by atoms with Crippen LogP contribution in [0.1, 0.15) is 16.2 Å². The number of carboxylic acids is 1. The number of fused-ring (bicyclic) bond motifs is 1. The molecule has 0 saturated heterocycles. The summed E-state index contributed by atoms with van der Waals surface area (Å²) >= 11 is 13.2. The Labute approximate surface area is 126 Å². The van der Waals surface area contributed by atoms with Crippen LogP contribution in [0.5, 0.6) is 0 Å². The number of aromatic carboxylic acids is 1. The molecule has 1 N–H and O–H groups in total. The summed E-state index contributed by atoms with van der Waals surface area (Å²) in [6, 6.07) is 1.52. The Morgan fingerprint density at radius 2 is 2.00 bits per heavy atom. The molecule has 0 bridgehead atoms. The van der Waals surface area contributed by atoms with Crippen LogP contribution in [-0.2, 0) is 0 Å². The number of halogens is 2. The van der Waals surface area contributed by atoms with Gasteiger partial charge < -0.3 is 5.11 Å². The second kappa shape index (κ2) is 4.65. The Morgan fingerprint density at radius 3 is 2.65 bits per heavy atom. The average molecular weight is 330 g/mol. The Hall–Kier alpha value is -1.77. The molecule has 0 unspecified atom stereocenters. The first-order chi connectivity index (χ1) is 9.50. The van der Waals surface area contributed by atoms with E-state index in [9.17, 15) is 4.79 Å². The van der Waals surface area contributed by atoms with Crippen LogP contribution in [0, 0.1) is 6.92 Å². The minimum atomic E-state index is -1.16. The number of hydrogen-bond acceptors (Lipinski definition) is 6. The second-order valence-corrected chi connectivity index (χ2v) is 5.23. The molecule has 1 aromatic carbocycles. The molecule has 0 fully saturated rings. The van der Waals surface area contributed by atoms with E-state index in [1.54, 1.807) is 6.92 Å². The van der Waals surface area contributed by atoms with Gasteiger partial charge in [-0.2, -0.15) is 8.75 Å². The lowest BCUT2D eigenvalue weighted by atomic mass is 10.2. The van der Waals surface area contributed by atoms with Gasteiger partial charge in [0.25, 0.3) is 0 Å². The number of benzene rings is 1. The van der Waals surface area contributed by atoms with Gasteiger partial charge in [0, 0.05) is 0 Å². The lowest BCUT2D eigenvalue weighted by molar-refractivity contribution is 0.0689. The van der Waals surface area contributed by atoms with Crippen molar-refractivity contribution in [3.63, 3.8) is 0 Å². The largest absolute Gasteiger partial charge is 0.476 e. The minimum Gasteiger partial charge on any atom is -0.476 e. The molecule has 102 valence electrons. The summed E-state index contributed by atoms with van der Waals surface area (Å²) < 4.78 is 9.54. The zero-order valence-electron chi connectivity index (χ0n) is 9.83. The monoisotopic (exact) mass is 329 g/mol. The summed E-state index contributed by atoms with van der Waals surface area (Å²) in [7, 11) is 0. The van der Waals surface area contributed by atoms with E-state index in [0.717, 1.165) is 11.7 Å². The molecule has 20 heavy (non-hydrogen) atoms. The van der Waals surface area contributed by atoms with Crippen LogP contribution in [0.2, 0.25) is 10.0 Å². The topological polar surface area (TPSA) is 93.8 Å². The fourth-order valence-corrected chi connectivity index (χ4v) is 2.99. The highest BCUT2D eigenvalue weighted by molar-refractivity contribution is 7.00. The Bertz CT molecular complexity index is 844. The highest BCUT2D eigenvalue weighted by atomic mass is 35.5. The third kappa shape index (κ3) is 1.84. The molecule has 0 aliphatic carbocycles. The summed E-state index contributed by atoms with van der Waals surface area (Å²) in [5.41, 5.74) is 1.56. The van der Waals surface area contributed by atoms with Crippen molar-refractivity contribution in [2.45, 2.75) is 6.92 Å². The number of nitrogens with zero attached hydrogens (tertiary/aromatic N) is 5. The van der Waals surface area contributed by atoms with Crippen LogP contribution >= 0.6 is 34.9 Å². The summed E-state index contributed by atoms with van der Waals surface area (Å²) in [6.07, 6.45) is 0. The normalized spacial score (nSPS) is 11.2. The van der Waals surface area contributed by atoms with Gasteiger partial charge in [-0.15, -0.1) is 5.10 Å². The standard InChI is InChI=1S/C10H5Cl2N5O2S/c1-3-6(10(18)19)13-16-17(3)9-5(12)2-4(11)7-8(9)15-20-14-7/h2H,1H3,(H,18,19). The van der Waals surface area contributed by atoms with E-state index in [-0.39, 0.29) is 5.69 Å². The van der Waals surface area contributed by atoms with E-state index in [1.165, 1.54) is 10.7 Å². The first-order valence-electron chi connectivity index (χ1n) is 5.27. The van der Waals surface area contributed by atoms with Gasteiger partial charge in [0.05, 0.1) is 27.5 Å². The van der Waals surface area contributed by atoms with Crippen LogP contribution in [0.15, 0.2) is 6.07 Å². The van der Waals surface area contributed by atoms with Crippen LogP contribution < -0.4 is 0 Å². The summed E-state index contributed by atoms with van der Waals surface area (Å²) in [4.78, 5) is 11.0. The predicted molar refractivity (Wildman–Crippen MR) is 74.0 cm³/mol. The molecule has 0 aliphatic heterocycles. The highest BCUT2D eigenvalue weighted by Gasteiger charge is 2.22. The number of rotatable bonds is 2. The molecule has 10 heteroatoms. The molecule has 0 amide bonds. The molecular formula is C10H5Cl2N5O2S. The van der Waals surface area contributed by atoms with Gasteiger partial charge in [0.2, 0.25) is 0 Å². The van der Waals surface area contributed by atoms with E-state index in [1.807, 2.05) is 0 Å². The van der Waals surface area contributed by atoms with E-state index < -0.39 is 5.97 Å². The van der Waals surface area contributed by atoms with Gasteiger partial charge in [0.1, 0.15) is 16.7 Å². The predicted octanol–water partition coefficient (Wildman–Crippen LogP) is 2.59. The molecule has 0 saturated carbocycles. The van der Waals surface area contributed by atoms with E-state index in [4.69, 9.17) is 28.3 Å². The van der Waals surface area contributed by atoms with E-state index in [0.29, 0.717) is 32.5 Å². The number of aromatic nitrogens is 5. The summed E-state index contributed by atoms with van der Waals surface area (Å²) in [5, 5.41) is 17.1. The first kappa shape index (κ1) is 13.2. The zero-order valence-corrected chi connectivity index (χ0v) is 12.2. The first-order valence-corrected chi connectivity index (χ1v) is 6.75. The van der Waals surface area contributed by atoms with Crippen molar-refractivity contribution in [2.75, 3.05) is 0 Å². The quantitative estimate of drug-likeness (QED) is 0.776. The highest BCUT2D eigenvalue weighted by Crippen LogP contribution is 2.34. The van der Waals surface area contributed by atoms with Gasteiger partial charge in [-0.3, -0.25) is 0 Å². The minimum absolute atomic E-state index is 0.146. The average Bonchev–Trinajstić information content (AvgIpc) is 2.97. The van der Waals surface area contributed by atoms with Crippen LogP contribution in [-0.4, -0.2) is 34.8 Å². The lowest BCUT2D eigenvalue weighted by Gasteiger charge is -2.07.